The van der Waals surface area contributed by atoms with E-state index >= 15 is 0 Å². The summed E-state index contributed by atoms with van der Waals surface area (Å²) in [5.74, 6) is 3.87. The molecule has 1 aliphatic heterocycles. The molecule has 3 nitrogen and oxygen atoms in total. The van der Waals surface area contributed by atoms with Gasteiger partial charge in [0.25, 0.3) is 0 Å². The second kappa shape index (κ2) is 3.00. The molecular formula is C10H8O3. The average Bonchev–Trinajstić information content (AvgIpc) is 2.62. The SMILES string of the molecule is C#Cc1cc2c(cc1OC)COO2. The number of methoxy groups -OCH3 is 1. The molecule has 0 amide bonds. The van der Waals surface area contributed by atoms with Crippen molar-refractivity contribution in [1.82, 2.24) is 0 Å². The number of fused-ring (bicyclic) bond motifs is 1. The van der Waals surface area contributed by atoms with Crippen LogP contribution in [-0.4, -0.2) is 7.11 Å². The first-order valence-corrected chi connectivity index (χ1v) is 3.82. The highest BCUT2D eigenvalue weighted by Crippen LogP contribution is 2.32. The molecule has 0 aliphatic carbocycles. The van der Waals surface area contributed by atoms with Crippen LogP contribution in [0.5, 0.6) is 11.5 Å². The summed E-state index contributed by atoms with van der Waals surface area (Å²) in [5, 5.41) is 0. The highest BCUT2D eigenvalue weighted by Gasteiger charge is 2.16. The van der Waals surface area contributed by atoms with Crippen LogP contribution in [0, 0.1) is 12.3 Å². The van der Waals surface area contributed by atoms with Crippen LogP contribution >= 0.6 is 0 Å². The zero-order valence-electron chi connectivity index (χ0n) is 7.16. The Morgan fingerprint density at radius 1 is 1.54 bits per heavy atom. The van der Waals surface area contributed by atoms with E-state index in [1.807, 2.05) is 6.07 Å². The van der Waals surface area contributed by atoms with Gasteiger partial charge in [-0.15, -0.1) is 6.42 Å². The van der Waals surface area contributed by atoms with Gasteiger partial charge in [0, 0.05) is 11.6 Å². The maximum atomic E-state index is 5.29. The van der Waals surface area contributed by atoms with E-state index in [9.17, 15) is 0 Å². The highest BCUT2D eigenvalue weighted by molar-refractivity contribution is 5.53. The van der Waals surface area contributed by atoms with Gasteiger partial charge in [-0.25, -0.2) is 0 Å². The first-order valence-electron chi connectivity index (χ1n) is 3.82. The number of terminal acetylenes is 1. The molecule has 0 unspecified atom stereocenters. The fourth-order valence-electron chi connectivity index (χ4n) is 1.23. The van der Waals surface area contributed by atoms with Crippen molar-refractivity contribution >= 4 is 0 Å². The Morgan fingerprint density at radius 2 is 2.38 bits per heavy atom. The topological polar surface area (TPSA) is 27.7 Å². The van der Waals surface area contributed by atoms with Gasteiger partial charge in [0.2, 0.25) is 0 Å². The van der Waals surface area contributed by atoms with Gasteiger partial charge in [0.05, 0.1) is 12.7 Å². The lowest BCUT2D eigenvalue weighted by molar-refractivity contribution is -0.194. The molecular weight excluding hydrogens is 168 g/mol. The fraction of sp³-hybridized carbons (Fsp3) is 0.200. The van der Waals surface area contributed by atoms with Gasteiger partial charge in [-0.3, -0.25) is 0 Å². The van der Waals surface area contributed by atoms with Crippen molar-refractivity contribution in [1.29, 1.82) is 0 Å². The van der Waals surface area contributed by atoms with Crippen LogP contribution < -0.4 is 9.62 Å². The van der Waals surface area contributed by atoms with Crippen molar-refractivity contribution in [2.75, 3.05) is 7.11 Å². The van der Waals surface area contributed by atoms with E-state index in [2.05, 4.69) is 5.92 Å². The summed E-state index contributed by atoms with van der Waals surface area (Å²) in [6.45, 7) is 0.441. The number of rotatable bonds is 1. The minimum atomic E-state index is 0.441. The molecule has 3 heteroatoms. The Balaban J connectivity index is 2.55. The van der Waals surface area contributed by atoms with Crippen molar-refractivity contribution in [2.45, 2.75) is 6.61 Å². The molecule has 1 aromatic rings. The Labute approximate surface area is 76.2 Å². The molecule has 0 saturated carbocycles. The summed E-state index contributed by atoms with van der Waals surface area (Å²) in [4.78, 5) is 9.68. The quantitative estimate of drug-likeness (QED) is 0.479. The largest absolute Gasteiger partial charge is 0.495 e. The normalized spacial score (nSPS) is 12.9. The first-order chi connectivity index (χ1) is 6.35. The average molecular weight is 176 g/mol. The van der Waals surface area contributed by atoms with Crippen LogP contribution in [0.2, 0.25) is 0 Å². The molecule has 0 saturated heterocycles. The molecule has 0 spiro atoms. The predicted octanol–water partition coefficient (Wildman–Crippen LogP) is 1.50. The van der Waals surface area contributed by atoms with Crippen LogP contribution in [0.15, 0.2) is 12.1 Å². The monoisotopic (exact) mass is 176 g/mol. The van der Waals surface area contributed by atoms with E-state index in [1.165, 1.54) is 0 Å². The lowest BCUT2D eigenvalue weighted by Gasteiger charge is -2.04. The van der Waals surface area contributed by atoms with E-state index in [0.29, 0.717) is 23.7 Å². The molecule has 1 aliphatic rings. The van der Waals surface area contributed by atoms with Gasteiger partial charge < -0.3 is 9.62 Å². The summed E-state index contributed by atoms with van der Waals surface area (Å²) in [6.07, 6.45) is 5.29. The standard InChI is InChI=1S/C10H8O3/c1-3-7-4-10-8(6-12-13-10)5-9(7)11-2/h1,4-5H,6H2,2H3. The third-order valence-corrected chi connectivity index (χ3v) is 1.90. The van der Waals surface area contributed by atoms with E-state index in [0.717, 1.165) is 5.56 Å². The maximum absolute atomic E-state index is 5.29. The van der Waals surface area contributed by atoms with Crippen molar-refractivity contribution in [3.63, 3.8) is 0 Å². The summed E-state index contributed by atoms with van der Waals surface area (Å²) >= 11 is 0. The van der Waals surface area contributed by atoms with Gasteiger partial charge >= 0.3 is 0 Å². The molecule has 2 rings (SSSR count). The van der Waals surface area contributed by atoms with Crippen molar-refractivity contribution in [3.8, 4) is 23.8 Å². The smallest absolute Gasteiger partial charge is 0.172 e. The van der Waals surface area contributed by atoms with Crippen LogP contribution in [0.3, 0.4) is 0 Å². The van der Waals surface area contributed by atoms with Gasteiger partial charge in [-0.2, -0.15) is 4.89 Å². The van der Waals surface area contributed by atoms with E-state index in [-0.39, 0.29) is 0 Å². The lowest BCUT2D eigenvalue weighted by atomic mass is 10.1. The molecule has 0 N–H and O–H groups in total. The fourth-order valence-corrected chi connectivity index (χ4v) is 1.23. The van der Waals surface area contributed by atoms with E-state index < -0.39 is 0 Å². The number of hydrogen-bond donors (Lipinski definition) is 0. The minimum Gasteiger partial charge on any atom is -0.495 e. The number of benzene rings is 1. The second-order valence-electron chi connectivity index (χ2n) is 2.65. The lowest BCUT2D eigenvalue weighted by Crippen LogP contribution is -1.89. The Hall–Kier alpha value is -1.66. The molecule has 0 atom stereocenters. The van der Waals surface area contributed by atoms with Gasteiger partial charge in [-0.05, 0) is 6.07 Å². The van der Waals surface area contributed by atoms with Crippen LogP contribution in [0.25, 0.3) is 0 Å². The Kier molecular flexibility index (Phi) is 1.84. The third-order valence-electron chi connectivity index (χ3n) is 1.90. The molecule has 13 heavy (non-hydrogen) atoms. The summed E-state index contributed by atoms with van der Waals surface area (Å²) < 4.78 is 5.11. The molecule has 0 radical (unpaired) electrons. The number of hydrogen-bond acceptors (Lipinski definition) is 3. The zero-order valence-corrected chi connectivity index (χ0v) is 7.16. The third kappa shape index (κ3) is 1.21. The molecule has 66 valence electrons. The Morgan fingerprint density at radius 3 is 3.08 bits per heavy atom. The summed E-state index contributed by atoms with van der Waals surface area (Å²) in [7, 11) is 1.58. The van der Waals surface area contributed by atoms with Crippen LogP contribution in [0.1, 0.15) is 11.1 Å². The van der Waals surface area contributed by atoms with Crippen molar-refractivity contribution in [3.05, 3.63) is 23.3 Å². The zero-order chi connectivity index (χ0) is 9.26. The van der Waals surface area contributed by atoms with Gasteiger partial charge in [-0.1, -0.05) is 5.92 Å². The number of ether oxygens (including phenoxy) is 1. The highest BCUT2D eigenvalue weighted by atomic mass is 17.2. The van der Waals surface area contributed by atoms with Crippen molar-refractivity contribution < 1.29 is 14.5 Å². The summed E-state index contributed by atoms with van der Waals surface area (Å²) in [5.41, 5.74) is 1.63. The van der Waals surface area contributed by atoms with Crippen LogP contribution in [0.4, 0.5) is 0 Å². The molecule has 0 bridgehead atoms. The summed E-state index contributed by atoms with van der Waals surface area (Å²) in [6, 6.07) is 3.57. The van der Waals surface area contributed by atoms with E-state index in [4.69, 9.17) is 20.9 Å². The first kappa shape index (κ1) is 7.96. The maximum Gasteiger partial charge on any atom is 0.172 e. The Bertz CT molecular complexity index is 376. The molecule has 1 heterocycles. The minimum absolute atomic E-state index is 0.441. The van der Waals surface area contributed by atoms with E-state index in [1.54, 1.807) is 13.2 Å². The van der Waals surface area contributed by atoms with Crippen molar-refractivity contribution in [2.24, 2.45) is 0 Å². The predicted molar refractivity (Wildman–Crippen MR) is 46.3 cm³/mol. The molecule has 0 fully saturated rings. The second-order valence-corrected chi connectivity index (χ2v) is 2.65. The van der Waals surface area contributed by atoms with Gasteiger partial charge in [0.15, 0.2) is 5.75 Å². The van der Waals surface area contributed by atoms with Gasteiger partial charge in [0.1, 0.15) is 12.4 Å². The molecule has 1 aromatic carbocycles. The van der Waals surface area contributed by atoms with Crippen LogP contribution in [-0.2, 0) is 11.5 Å². The molecule has 0 aromatic heterocycles.